The lowest BCUT2D eigenvalue weighted by molar-refractivity contribution is 0.489. The summed E-state index contributed by atoms with van der Waals surface area (Å²) in [5, 5.41) is 1.17. The van der Waals surface area contributed by atoms with Gasteiger partial charge in [-0.2, -0.15) is 0 Å². The van der Waals surface area contributed by atoms with Crippen LogP contribution < -0.4 is 0 Å². The molecule has 1 aliphatic heterocycles. The Morgan fingerprint density at radius 1 is 1.50 bits per heavy atom. The van der Waals surface area contributed by atoms with Crippen molar-refractivity contribution in [3.05, 3.63) is 0 Å². The Bertz CT molecular complexity index is 95.3. The maximum absolute atomic E-state index is 3.48. The summed E-state index contributed by atoms with van der Waals surface area (Å²) in [6, 6.07) is 0.872. The summed E-state index contributed by atoms with van der Waals surface area (Å²) >= 11 is 3.48. The fraction of sp³-hybridized carbons (Fsp3) is 1.00. The van der Waals surface area contributed by atoms with Gasteiger partial charge in [-0.05, 0) is 13.0 Å². The molecule has 0 amide bonds. The van der Waals surface area contributed by atoms with Crippen molar-refractivity contribution in [2.75, 3.05) is 18.4 Å². The molecule has 2 atom stereocenters. The van der Waals surface area contributed by atoms with E-state index in [2.05, 4.69) is 27.8 Å². The van der Waals surface area contributed by atoms with Crippen LogP contribution in [0.4, 0.5) is 0 Å². The van der Waals surface area contributed by atoms with Crippen molar-refractivity contribution in [3.63, 3.8) is 0 Å². The minimum absolute atomic E-state index is 0.872. The maximum atomic E-state index is 3.48. The standard InChI is InChI=1S/C8H16BrN/c1-2-3-4-5-10-7-8(10)6-9/h8H,2-7H2,1H3. The zero-order valence-electron chi connectivity index (χ0n) is 6.65. The molecule has 1 aliphatic rings. The minimum atomic E-state index is 0.872. The first-order valence-electron chi connectivity index (χ1n) is 4.18. The molecule has 0 aromatic heterocycles. The van der Waals surface area contributed by atoms with Gasteiger partial charge in [0.05, 0.1) is 0 Å². The van der Waals surface area contributed by atoms with Gasteiger partial charge in [-0.1, -0.05) is 35.7 Å². The van der Waals surface area contributed by atoms with Gasteiger partial charge in [0.15, 0.2) is 0 Å². The van der Waals surface area contributed by atoms with Gasteiger partial charge in [0.1, 0.15) is 0 Å². The van der Waals surface area contributed by atoms with E-state index in [4.69, 9.17) is 0 Å². The predicted molar refractivity (Wildman–Crippen MR) is 48.7 cm³/mol. The molecule has 1 heterocycles. The average Bonchev–Trinajstić information content (AvgIpc) is 2.68. The van der Waals surface area contributed by atoms with Crippen LogP contribution in [0.1, 0.15) is 26.2 Å². The number of nitrogens with zero attached hydrogens (tertiary/aromatic N) is 1. The van der Waals surface area contributed by atoms with Gasteiger partial charge >= 0.3 is 0 Å². The zero-order valence-corrected chi connectivity index (χ0v) is 8.23. The Labute approximate surface area is 71.9 Å². The first kappa shape index (κ1) is 8.54. The largest absolute Gasteiger partial charge is 0.297 e. The van der Waals surface area contributed by atoms with Crippen LogP contribution in [0, 0.1) is 0 Å². The van der Waals surface area contributed by atoms with Crippen LogP contribution in [-0.4, -0.2) is 29.4 Å². The number of hydrogen-bond donors (Lipinski definition) is 0. The molecule has 0 aliphatic carbocycles. The van der Waals surface area contributed by atoms with Crippen molar-refractivity contribution in [3.8, 4) is 0 Å². The van der Waals surface area contributed by atoms with E-state index >= 15 is 0 Å². The molecular formula is C8H16BrN. The molecule has 0 aromatic rings. The van der Waals surface area contributed by atoms with Gasteiger partial charge in [-0.15, -0.1) is 0 Å². The van der Waals surface area contributed by atoms with Crippen molar-refractivity contribution in [1.29, 1.82) is 0 Å². The summed E-state index contributed by atoms with van der Waals surface area (Å²) < 4.78 is 0. The summed E-state index contributed by atoms with van der Waals surface area (Å²) in [5.41, 5.74) is 0. The van der Waals surface area contributed by atoms with Crippen LogP contribution in [0.25, 0.3) is 0 Å². The van der Waals surface area contributed by atoms with Crippen molar-refractivity contribution in [1.82, 2.24) is 4.90 Å². The summed E-state index contributed by atoms with van der Waals surface area (Å²) in [6.45, 7) is 4.91. The topological polar surface area (TPSA) is 3.01 Å². The van der Waals surface area contributed by atoms with Crippen molar-refractivity contribution >= 4 is 15.9 Å². The van der Waals surface area contributed by atoms with E-state index in [1.54, 1.807) is 0 Å². The second-order valence-electron chi connectivity index (χ2n) is 3.01. The molecule has 60 valence electrons. The van der Waals surface area contributed by atoms with E-state index in [0.717, 1.165) is 6.04 Å². The third kappa shape index (κ3) is 2.59. The van der Waals surface area contributed by atoms with Crippen LogP contribution >= 0.6 is 15.9 Å². The zero-order chi connectivity index (χ0) is 7.40. The molecule has 1 rings (SSSR count). The highest BCUT2D eigenvalue weighted by Crippen LogP contribution is 2.19. The van der Waals surface area contributed by atoms with Crippen LogP contribution in [0.5, 0.6) is 0 Å². The number of alkyl halides is 1. The van der Waals surface area contributed by atoms with Crippen LogP contribution in [0.3, 0.4) is 0 Å². The van der Waals surface area contributed by atoms with Crippen LogP contribution in [-0.2, 0) is 0 Å². The normalized spacial score (nSPS) is 30.6. The maximum Gasteiger partial charge on any atom is 0.0320 e. The second kappa shape index (κ2) is 4.35. The lowest BCUT2D eigenvalue weighted by Crippen LogP contribution is -2.04. The predicted octanol–water partition coefficient (Wildman–Crippen LogP) is 2.26. The average molecular weight is 206 g/mol. The summed E-state index contributed by atoms with van der Waals surface area (Å²) in [6.07, 6.45) is 4.12. The lowest BCUT2D eigenvalue weighted by Gasteiger charge is -1.99. The molecule has 0 saturated carbocycles. The highest BCUT2D eigenvalue weighted by Gasteiger charge is 2.31. The van der Waals surface area contributed by atoms with Crippen molar-refractivity contribution < 1.29 is 0 Å². The molecule has 2 heteroatoms. The van der Waals surface area contributed by atoms with Crippen molar-refractivity contribution in [2.24, 2.45) is 0 Å². The Kier molecular flexibility index (Phi) is 3.71. The molecule has 10 heavy (non-hydrogen) atoms. The second-order valence-corrected chi connectivity index (χ2v) is 3.66. The van der Waals surface area contributed by atoms with Gasteiger partial charge < -0.3 is 0 Å². The third-order valence-corrected chi connectivity index (χ3v) is 2.80. The Hall–Kier alpha value is 0.440. The molecule has 0 spiro atoms. The third-order valence-electron chi connectivity index (χ3n) is 2.06. The molecule has 1 saturated heterocycles. The highest BCUT2D eigenvalue weighted by atomic mass is 79.9. The molecule has 0 radical (unpaired) electrons. The molecule has 1 fully saturated rings. The quantitative estimate of drug-likeness (QED) is 0.378. The van der Waals surface area contributed by atoms with E-state index in [-0.39, 0.29) is 0 Å². The van der Waals surface area contributed by atoms with Crippen molar-refractivity contribution in [2.45, 2.75) is 32.2 Å². The molecule has 2 unspecified atom stereocenters. The number of unbranched alkanes of at least 4 members (excludes halogenated alkanes) is 2. The van der Waals surface area contributed by atoms with E-state index in [1.807, 2.05) is 0 Å². The Morgan fingerprint density at radius 3 is 2.80 bits per heavy atom. The van der Waals surface area contributed by atoms with E-state index in [9.17, 15) is 0 Å². The first-order chi connectivity index (χ1) is 4.88. The van der Waals surface area contributed by atoms with Gasteiger partial charge in [0.25, 0.3) is 0 Å². The molecule has 0 aromatic carbocycles. The SMILES string of the molecule is CCCCCN1CC1CBr. The lowest BCUT2D eigenvalue weighted by atomic mass is 10.2. The fourth-order valence-corrected chi connectivity index (χ4v) is 1.82. The van der Waals surface area contributed by atoms with Crippen LogP contribution in [0.15, 0.2) is 0 Å². The van der Waals surface area contributed by atoms with E-state index in [0.29, 0.717) is 0 Å². The molecule has 0 N–H and O–H groups in total. The Morgan fingerprint density at radius 2 is 2.30 bits per heavy atom. The fourth-order valence-electron chi connectivity index (χ4n) is 1.21. The van der Waals surface area contributed by atoms with E-state index < -0.39 is 0 Å². The first-order valence-corrected chi connectivity index (χ1v) is 5.30. The van der Waals surface area contributed by atoms with E-state index in [1.165, 1.54) is 37.7 Å². The Balaban J connectivity index is 1.87. The minimum Gasteiger partial charge on any atom is -0.297 e. The van der Waals surface area contributed by atoms with Crippen LogP contribution in [0.2, 0.25) is 0 Å². The highest BCUT2D eigenvalue weighted by molar-refractivity contribution is 9.09. The molecule has 0 bridgehead atoms. The summed E-state index contributed by atoms with van der Waals surface area (Å²) in [7, 11) is 0. The number of halogens is 1. The summed E-state index contributed by atoms with van der Waals surface area (Å²) in [4.78, 5) is 2.53. The van der Waals surface area contributed by atoms with Gasteiger partial charge in [-0.3, -0.25) is 4.90 Å². The summed E-state index contributed by atoms with van der Waals surface area (Å²) in [5.74, 6) is 0. The monoisotopic (exact) mass is 205 g/mol. The van der Waals surface area contributed by atoms with Gasteiger partial charge in [0.2, 0.25) is 0 Å². The van der Waals surface area contributed by atoms with Gasteiger partial charge in [0, 0.05) is 17.9 Å². The van der Waals surface area contributed by atoms with Gasteiger partial charge in [-0.25, -0.2) is 0 Å². The smallest absolute Gasteiger partial charge is 0.0320 e. The molecular weight excluding hydrogens is 190 g/mol. The number of rotatable bonds is 5. The molecule has 1 nitrogen and oxygen atoms in total. The number of hydrogen-bond acceptors (Lipinski definition) is 1.